The fourth-order valence-corrected chi connectivity index (χ4v) is 11.4. The standard InChI is InChI=1S/C63H42F6N2O8/c1-59(2)34-60(3,39-14-9-36(10-15-39)53(73)35-7-5-4-6-8-35)51-30-13-38(31-52(51)59)54(74)37-11-24-45(25-12-37)79-46-26-20-43(21-27-46)71-56(76)48-29-17-41(33-50(48)58(71)78)61(62(64,65)66,63(67,68)69)40-16-28-47-49(32-40)57(77)70(55(47)75)42-18-22-44(72)23-19-42/h4-33,72H,34H2,1-3H3. The van der Waals surface area contributed by atoms with Crippen molar-refractivity contribution in [2.45, 2.75) is 55.8 Å². The lowest BCUT2D eigenvalue weighted by Gasteiger charge is -2.38. The van der Waals surface area contributed by atoms with E-state index in [-0.39, 0.29) is 39.9 Å². The van der Waals surface area contributed by atoms with Crippen molar-refractivity contribution >= 4 is 46.6 Å². The Kier molecular flexibility index (Phi) is 12.0. The van der Waals surface area contributed by atoms with Gasteiger partial charge >= 0.3 is 12.4 Å². The minimum Gasteiger partial charge on any atom is -0.508 e. The average Bonchev–Trinajstić information content (AvgIpc) is 3.45. The molecule has 0 saturated heterocycles. The third kappa shape index (κ3) is 8.28. The molecule has 0 bridgehead atoms. The van der Waals surface area contributed by atoms with E-state index in [0.717, 1.165) is 35.2 Å². The maximum Gasteiger partial charge on any atom is 0.411 e. The summed E-state index contributed by atoms with van der Waals surface area (Å²) in [6, 6.07) is 41.9. The van der Waals surface area contributed by atoms with Crippen LogP contribution in [0, 0.1) is 0 Å². The summed E-state index contributed by atoms with van der Waals surface area (Å²) in [6.45, 7) is 6.46. The number of ketones is 2. The number of phenolic OH excluding ortho intramolecular Hbond substituents is 1. The van der Waals surface area contributed by atoms with Gasteiger partial charge in [-0.1, -0.05) is 99.6 Å². The molecule has 10 nitrogen and oxygen atoms in total. The number of aromatic hydroxyl groups is 1. The summed E-state index contributed by atoms with van der Waals surface area (Å²) in [4.78, 5) is 82.6. The molecule has 79 heavy (non-hydrogen) atoms. The fourth-order valence-electron chi connectivity index (χ4n) is 11.4. The summed E-state index contributed by atoms with van der Waals surface area (Å²) < 4.78 is 98.5. The lowest BCUT2D eigenvalue weighted by molar-refractivity contribution is -0.288. The number of amides is 4. The smallest absolute Gasteiger partial charge is 0.411 e. The molecule has 1 unspecified atom stereocenters. The van der Waals surface area contributed by atoms with Gasteiger partial charge in [-0.15, -0.1) is 0 Å². The van der Waals surface area contributed by atoms with Gasteiger partial charge in [-0.3, -0.25) is 28.8 Å². The molecule has 11 rings (SSSR count). The number of rotatable bonds is 11. The van der Waals surface area contributed by atoms with Crippen molar-refractivity contribution in [2.24, 2.45) is 0 Å². The number of imide groups is 2. The van der Waals surface area contributed by atoms with Crippen molar-refractivity contribution < 1.29 is 65.0 Å². The van der Waals surface area contributed by atoms with Crippen LogP contribution >= 0.6 is 0 Å². The maximum absolute atomic E-state index is 15.4. The molecule has 2 heterocycles. The number of benzene rings is 8. The fraction of sp³-hybridized carbons (Fsp3) is 0.143. The van der Waals surface area contributed by atoms with Gasteiger partial charge in [0.2, 0.25) is 5.41 Å². The molecule has 0 fully saturated rings. The van der Waals surface area contributed by atoms with Crippen LogP contribution in [0.4, 0.5) is 37.7 Å². The van der Waals surface area contributed by atoms with E-state index in [0.29, 0.717) is 74.2 Å². The topological polar surface area (TPSA) is 138 Å². The highest BCUT2D eigenvalue weighted by Gasteiger charge is 2.73. The van der Waals surface area contributed by atoms with Crippen LogP contribution in [0.15, 0.2) is 182 Å². The molecule has 8 aromatic rings. The number of carbonyl (C=O) groups is 6. The van der Waals surface area contributed by atoms with Crippen LogP contribution in [-0.4, -0.2) is 52.7 Å². The molecule has 0 aromatic heterocycles. The quantitative estimate of drug-likeness (QED) is 0.0768. The highest BCUT2D eigenvalue weighted by atomic mass is 19.4. The predicted octanol–water partition coefficient (Wildman–Crippen LogP) is 13.6. The minimum atomic E-state index is -6.17. The summed E-state index contributed by atoms with van der Waals surface area (Å²) in [7, 11) is 0. The molecule has 0 spiro atoms. The number of phenols is 1. The van der Waals surface area contributed by atoms with Crippen LogP contribution in [0.2, 0.25) is 0 Å². The third-order valence-electron chi connectivity index (χ3n) is 15.3. The van der Waals surface area contributed by atoms with Gasteiger partial charge in [-0.25, -0.2) is 9.80 Å². The summed E-state index contributed by atoms with van der Waals surface area (Å²) in [5.41, 5.74) is -5.86. The monoisotopic (exact) mass is 1070 g/mol. The van der Waals surface area contributed by atoms with Crippen LogP contribution < -0.4 is 14.5 Å². The van der Waals surface area contributed by atoms with Crippen molar-refractivity contribution in [2.75, 3.05) is 9.80 Å². The van der Waals surface area contributed by atoms with Crippen molar-refractivity contribution in [1.82, 2.24) is 0 Å². The van der Waals surface area contributed by atoms with Crippen LogP contribution in [0.25, 0.3) is 0 Å². The second-order valence-electron chi connectivity index (χ2n) is 20.5. The van der Waals surface area contributed by atoms with E-state index in [1.807, 2.05) is 60.7 Å². The first-order valence-electron chi connectivity index (χ1n) is 24.7. The highest BCUT2D eigenvalue weighted by molar-refractivity contribution is 6.35. The van der Waals surface area contributed by atoms with Gasteiger partial charge in [0.15, 0.2) is 11.6 Å². The second kappa shape index (κ2) is 18.4. The molecule has 1 N–H and O–H groups in total. The third-order valence-corrected chi connectivity index (χ3v) is 15.3. The van der Waals surface area contributed by atoms with Gasteiger partial charge in [-0.05, 0) is 143 Å². The normalized spacial score (nSPS) is 16.7. The Bertz CT molecular complexity index is 3860. The Labute approximate surface area is 447 Å². The number of nitrogens with zero attached hydrogens (tertiary/aromatic N) is 2. The van der Waals surface area contributed by atoms with E-state index in [9.17, 15) is 33.9 Å². The van der Waals surface area contributed by atoms with E-state index in [1.165, 1.54) is 36.4 Å². The summed E-state index contributed by atoms with van der Waals surface area (Å²) in [6.07, 6.45) is -11.6. The maximum atomic E-state index is 15.4. The molecule has 0 radical (unpaired) electrons. The predicted molar refractivity (Wildman–Crippen MR) is 279 cm³/mol. The van der Waals surface area contributed by atoms with E-state index in [2.05, 4.69) is 20.8 Å². The molecule has 0 saturated carbocycles. The summed E-state index contributed by atoms with van der Waals surface area (Å²) >= 11 is 0. The number of halogens is 6. The first-order valence-corrected chi connectivity index (χ1v) is 24.7. The van der Waals surface area contributed by atoms with Crippen LogP contribution in [-0.2, 0) is 16.2 Å². The van der Waals surface area contributed by atoms with Crippen molar-refractivity contribution in [3.63, 3.8) is 0 Å². The van der Waals surface area contributed by atoms with E-state index in [1.54, 1.807) is 36.4 Å². The molecular weight excluding hydrogens is 1030 g/mol. The number of hydrogen-bond acceptors (Lipinski definition) is 8. The first-order chi connectivity index (χ1) is 37.4. The van der Waals surface area contributed by atoms with Gasteiger partial charge in [0.25, 0.3) is 23.6 Å². The minimum absolute atomic E-state index is 0.0601. The molecule has 16 heteroatoms. The van der Waals surface area contributed by atoms with Crippen LogP contribution in [0.5, 0.6) is 17.2 Å². The van der Waals surface area contributed by atoms with Gasteiger partial charge in [0.05, 0.1) is 33.6 Å². The molecule has 2 aliphatic heterocycles. The zero-order valence-electron chi connectivity index (χ0n) is 42.0. The van der Waals surface area contributed by atoms with Gasteiger partial charge in [0.1, 0.15) is 17.2 Å². The van der Waals surface area contributed by atoms with Crippen molar-refractivity contribution in [3.8, 4) is 17.2 Å². The lowest BCUT2D eigenvalue weighted by Crippen LogP contribution is -2.55. The number of anilines is 2. The van der Waals surface area contributed by atoms with E-state index >= 15 is 26.3 Å². The van der Waals surface area contributed by atoms with Crippen LogP contribution in [0.3, 0.4) is 0 Å². The van der Waals surface area contributed by atoms with E-state index in [4.69, 9.17) is 4.74 Å². The Morgan fingerprint density at radius 1 is 0.468 bits per heavy atom. The zero-order valence-corrected chi connectivity index (χ0v) is 42.0. The molecule has 1 atom stereocenters. The lowest BCUT2D eigenvalue weighted by atomic mass is 9.71. The molecule has 8 aromatic carbocycles. The largest absolute Gasteiger partial charge is 0.508 e. The average molecular weight is 1070 g/mol. The van der Waals surface area contributed by atoms with Crippen molar-refractivity contribution in [1.29, 1.82) is 0 Å². The Hall–Kier alpha value is -9.44. The van der Waals surface area contributed by atoms with Crippen molar-refractivity contribution in [3.05, 3.63) is 254 Å². The zero-order chi connectivity index (χ0) is 56.1. The summed E-state index contributed by atoms with van der Waals surface area (Å²) in [5, 5.41) is 9.67. The Morgan fingerprint density at radius 3 is 1.38 bits per heavy atom. The Balaban J connectivity index is 0.798. The molecular formula is C63H42F6N2O8. The number of alkyl halides is 6. The van der Waals surface area contributed by atoms with Gasteiger partial charge < -0.3 is 9.84 Å². The SMILES string of the molecule is CC1(C)CC(C)(c2ccc(C(=O)c3ccccc3)cc2)c2ccc(C(=O)c3ccc(Oc4ccc(N5C(=O)c6ccc(C(c7ccc8c(c7)C(=O)N(c7ccc(O)cc7)C8=O)(C(F)(F)F)C(F)(F)F)cc6C5=O)cc4)cc3)cc21. The van der Waals surface area contributed by atoms with Crippen LogP contribution in [0.1, 0.15) is 128 Å². The highest BCUT2D eigenvalue weighted by Crippen LogP contribution is 2.58. The van der Waals surface area contributed by atoms with Gasteiger partial charge in [0, 0.05) is 27.7 Å². The second-order valence-corrected chi connectivity index (χ2v) is 20.5. The number of hydrogen-bond donors (Lipinski definition) is 1. The van der Waals surface area contributed by atoms with Gasteiger partial charge in [-0.2, -0.15) is 26.3 Å². The molecule has 4 amide bonds. The number of ether oxygens (including phenoxy) is 1. The summed E-state index contributed by atoms with van der Waals surface area (Å²) in [5.74, 6) is -4.46. The Morgan fingerprint density at radius 2 is 0.886 bits per heavy atom. The molecule has 1 aliphatic carbocycles. The first kappa shape index (κ1) is 51.7. The van der Waals surface area contributed by atoms with E-state index < -0.39 is 80.2 Å². The number of carbonyl (C=O) groups excluding carboxylic acids is 6. The molecule has 3 aliphatic rings. The molecule has 394 valence electrons. The number of fused-ring (bicyclic) bond motifs is 3.